The van der Waals surface area contributed by atoms with Crippen molar-refractivity contribution >= 4 is 33.4 Å². The van der Waals surface area contributed by atoms with Crippen LogP contribution in [0.3, 0.4) is 0 Å². The Morgan fingerprint density at radius 1 is 1.05 bits per heavy atom. The number of hydrogen-bond donors (Lipinski definition) is 2. The molecule has 1 aliphatic rings. The minimum absolute atomic E-state index is 0.106. The maximum atomic E-state index is 14.9. The number of halogens is 1. The normalized spacial score (nSPS) is 19.0. The van der Waals surface area contributed by atoms with E-state index in [0.717, 1.165) is 6.26 Å². The van der Waals surface area contributed by atoms with Gasteiger partial charge in [0.25, 0.3) is 0 Å². The average molecular weight is 626 g/mol. The van der Waals surface area contributed by atoms with Crippen molar-refractivity contribution in [2.24, 2.45) is 11.8 Å². The number of anilines is 1. The van der Waals surface area contributed by atoms with Gasteiger partial charge in [0.05, 0.1) is 30.5 Å². The van der Waals surface area contributed by atoms with E-state index in [9.17, 15) is 32.3 Å². The Labute approximate surface area is 256 Å². The van der Waals surface area contributed by atoms with Crippen LogP contribution >= 0.6 is 0 Å². The van der Waals surface area contributed by atoms with Crippen LogP contribution in [0.4, 0.5) is 10.1 Å². The van der Waals surface area contributed by atoms with Crippen molar-refractivity contribution in [1.29, 1.82) is 0 Å². The Hall–Kier alpha value is -4.13. The van der Waals surface area contributed by atoms with E-state index in [4.69, 9.17) is 4.74 Å². The molecule has 1 saturated heterocycles. The number of likely N-dealkylation sites (N-methyl/N-ethyl adjacent to an activating group) is 1. The fourth-order valence-corrected chi connectivity index (χ4v) is 6.07. The molecule has 2 N–H and O–H groups in total. The number of nitrogens with one attached hydrogen (secondary N) is 1. The number of Topliss-reactive ketones (excluding diaryl/α,β-unsaturated/α-hetero) is 1. The number of amides is 1. The van der Waals surface area contributed by atoms with E-state index in [0.29, 0.717) is 11.1 Å². The van der Waals surface area contributed by atoms with Crippen LogP contribution in [-0.2, 0) is 19.6 Å². The van der Waals surface area contributed by atoms with Gasteiger partial charge >= 0.3 is 5.97 Å². The molecule has 0 aromatic heterocycles. The number of esters is 1. The molecule has 1 heterocycles. The lowest BCUT2D eigenvalue weighted by Crippen LogP contribution is -2.53. The highest BCUT2D eigenvalue weighted by Crippen LogP contribution is 2.42. The minimum atomic E-state index is -3.48. The number of aromatic hydroxyl groups is 1. The van der Waals surface area contributed by atoms with E-state index in [1.54, 1.807) is 43.3 Å². The quantitative estimate of drug-likeness (QED) is 0.258. The van der Waals surface area contributed by atoms with Gasteiger partial charge < -0.3 is 20.1 Å². The molecule has 0 spiro atoms. The molecular weight excluding hydrogens is 589 g/mol. The lowest BCUT2D eigenvalue weighted by molar-refractivity contribution is -0.122. The van der Waals surface area contributed by atoms with Crippen molar-refractivity contribution in [3.63, 3.8) is 0 Å². The Balaban J connectivity index is 1.81. The Bertz CT molecular complexity index is 1660. The molecule has 10 nitrogen and oxygen atoms in total. The number of para-hydroxylation sites is 1. The SMILES string of the molecule is COC(=O)c1ccccc1NC(=O)C1CN(CCN(C)S(C)(=O)=O)CC(C(=O)c2cccc(O)c2)C1c1cccc(F)c1C. The lowest BCUT2D eigenvalue weighted by atomic mass is 9.69. The van der Waals surface area contributed by atoms with Crippen LogP contribution < -0.4 is 5.32 Å². The number of phenolic OH excluding ortho intramolecular Hbond substituents is 1. The maximum Gasteiger partial charge on any atom is 0.339 e. The zero-order chi connectivity index (χ0) is 32.2. The van der Waals surface area contributed by atoms with Gasteiger partial charge in [0.2, 0.25) is 15.9 Å². The summed E-state index contributed by atoms with van der Waals surface area (Å²) in [4.78, 5) is 42.6. The van der Waals surface area contributed by atoms with Crippen LogP contribution in [-0.4, -0.2) is 87.0 Å². The largest absolute Gasteiger partial charge is 0.508 e. The molecule has 0 radical (unpaired) electrons. The number of carbonyl (C=O) groups is 3. The second-order valence-electron chi connectivity index (χ2n) is 11.0. The number of sulfonamides is 1. The first-order chi connectivity index (χ1) is 20.8. The van der Waals surface area contributed by atoms with Gasteiger partial charge in [-0.15, -0.1) is 0 Å². The first kappa shape index (κ1) is 32.8. The highest BCUT2D eigenvalue weighted by molar-refractivity contribution is 7.88. The number of benzene rings is 3. The van der Waals surface area contributed by atoms with Gasteiger partial charge in [-0.2, -0.15) is 0 Å². The van der Waals surface area contributed by atoms with E-state index < -0.39 is 45.5 Å². The van der Waals surface area contributed by atoms with Crippen molar-refractivity contribution in [3.05, 3.63) is 94.8 Å². The lowest BCUT2D eigenvalue weighted by Gasteiger charge is -2.43. The standard InChI is InChI=1S/C32H36FN3O7S/c1-20-23(12-8-13-27(20)33)29-25(30(38)21-9-7-10-22(37)17-21)18-36(16-15-35(2)44(4,41)42)19-26(29)31(39)34-28-14-6-5-11-24(28)32(40)43-3/h5-14,17,25-26,29,37H,15-16,18-19H2,1-4H3,(H,34,39). The third kappa shape index (κ3) is 7.32. The van der Waals surface area contributed by atoms with Crippen molar-refractivity contribution < 1.29 is 37.0 Å². The third-order valence-electron chi connectivity index (χ3n) is 8.14. The van der Waals surface area contributed by atoms with E-state index in [1.807, 2.05) is 4.90 Å². The predicted octanol–water partition coefficient (Wildman–Crippen LogP) is 3.67. The van der Waals surface area contributed by atoms with Crippen molar-refractivity contribution in [3.8, 4) is 5.75 Å². The number of rotatable bonds is 10. The number of hydrogen-bond acceptors (Lipinski definition) is 8. The number of likely N-dealkylation sites (tertiary alicyclic amines) is 1. The molecule has 0 saturated carbocycles. The highest BCUT2D eigenvalue weighted by atomic mass is 32.2. The monoisotopic (exact) mass is 625 g/mol. The molecule has 0 aliphatic carbocycles. The first-order valence-electron chi connectivity index (χ1n) is 14.0. The minimum Gasteiger partial charge on any atom is -0.508 e. The summed E-state index contributed by atoms with van der Waals surface area (Å²) in [6.45, 7) is 2.18. The van der Waals surface area contributed by atoms with Crippen LogP contribution in [0, 0.1) is 24.6 Å². The zero-order valence-electron chi connectivity index (χ0n) is 25.0. The van der Waals surface area contributed by atoms with E-state index >= 15 is 0 Å². The third-order valence-corrected chi connectivity index (χ3v) is 9.45. The first-order valence-corrected chi connectivity index (χ1v) is 15.9. The van der Waals surface area contributed by atoms with Gasteiger partial charge in [-0.25, -0.2) is 21.9 Å². The Kier molecular flexibility index (Phi) is 10.2. The van der Waals surface area contributed by atoms with E-state index in [1.165, 1.54) is 48.8 Å². The molecule has 1 amide bonds. The second kappa shape index (κ2) is 13.7. The van der Waals surface area contributed by atoms with Crippen LogP contribution in [0.15, 0.2) is 66.7 Å². The molecule has 234 valence electrons. The molecule has 3 aromatic rings. The van der Waals surface area contributed by atoms with Crippen LogP contribution in [0.2, 0.25) is 0 Å². The van der Waals surface area contributed by atoms with Gasteiger partial charge in [0.1, 0.15) is 11.6 Å². The van der Waals surface area contributed by atoms with E-state index in [2.05, 4.69) is 5.32 Å². The van der Waals surface area contributed by atoms with Crippen LogP contribution in [0.5, 0.6) is 5.75 Å². The molecule has 3 unspecified atom stereocenters. The summed E-state index contributed by atoms with van der Waals surface area (Å²) < 4.78 is 45.2. The highest BCUT2D eigenvalue weighted by Gasteiger charge is 2.45. The number of nitrogens with zero attached hydrogens (tertiary/aromatic N) is 2. The second-order valence-corrected chi connectivity index (χ2v) is 13.1. The number of phenols is 1. The van der Waals surface area contributed by atoms with Crippen molar-refractivity contribution in [2.45, 2.75) is 12.8 Å². The molecular formula is C32H36FN3O7S. The topological polar surface area (TPSA) is 133 Å². The number of piperidine rings is 1. The molecule has 0 bridgehead atoms. The number of methoxy groups -OCH3 is 1. The van der Waals surface area contributed by atoms with Crippen LogP contribution in [0.1, 0.15) is 37.8 Å². The van der Waals surface area contributed by atoms with Gasteiger partial charge in [-0.05, 0) is 48.4 Å². The fourth-order valence-electron chi connectivity index (χ4n) is 5.66. The Morgan fingerprint density at radius 3 is 2.41 bits per heavy atom. The summed E-state index contributed by atoms with van der Waals surface area (Å²) in [6.07, 6.45) is 1.09. The number of ether oxygens (including phenoxy) is 1. The predicted molar refractivity (Wildman–Crippen MR) is 164 cm³/mol. The van der Waals surface area contributed by atoms with Crippen molar-refractivity contribution in [1.82, 2.24) is 9.21 Å². The van der Waals surface area contributed by atoms with Crippen molar-refractivity contribution in [2.75, 3.05) is 51.9 Å². The molecule has 3 aromatic carbocycles. The van der Waals surface area contributed by atoms with Crippen LogP contribution in [0.25, 0.3) is 0 Å². The molecule has 4 rings (SSSR count). The molecule has 12 heteroatoms. The number of carbonyl (C=O) groups excluding carboxylic acids is 3. The molecule has 1 aliphatic heterocycles. The molecule has 3 atom stereocenters. The number of ketones is 1. The zero-order valence-corrected chi connectivity index (χ0v) is 25.8. The fraction of sp³-hybridized carbons (Fsp3) is 0.344. The molecule has 44 heavy (non-hydrogen) atoms. The maximum absolute atomic E-state index is 14.9. The summed E-state index contributed by atoms with van der Waals surface area (Å²) >= 11 is 0. The smallest absolute Gasteiger partial charge is 0.339 e. The summed E-state index contributed by atoms with van der Waals surface area (Å²) in [5, 5.41) is 12.9. The average Bonchev–Trinajstić information content (AvgIpc) is 2.99. The van der Waals surface area contributed by atoms with Gasteiger partial charge in [-0.3, -0.25) is 9.59 Å². The summed E-state index contributed by atoms with van der Waals surface area (Å²) in [5.41, 5.74) is 1.35. The van der Waals surface area contributed by atoms with Gasteiger partial charge in [0.15, 0.2) is 5.78 Å². The summed E-state index contributed by atoms with van der Waals surface area (Å²) in [5.74, 6) is -4.71. The summed E-state index contributed by atoms with van der Waals surface area (Å²) in [6, 6.07) is 16.8. The van der Waals surface area contributed by atoms with Gasteiger partial charge in [-0.1, -0.05) is 36.4 Å². The molecule has 1 fully saturated rings. The summed E-state index contributed by atoms with van der Waals surface area (Å²) in [7, 11) is -0.808. The Morgan fingerprint density at radius 2 is 1.73 bits per heavy atom. The van der Waals surface area contributed by atoms with E-state index in [-0.39, 0.29) is 54.5 Å². The van der Waals surface area contributed by atoms with Gasteiger partial charge in [0, 0.05) is 50.6 Å².